The van der Waals surface area contributed by atoms with Crippen LogP contribution in [0.15, 0.2) is 34.5 Å². The smallest absolute Gasteiger partial charge is 0.211 e. The van der Waals surface area contributed by atoms with Gasteiger partial charge in [-0.3, -0.25) is 4.79 Å². The maximum atomic E-state index is 11.8. The molecule has 0 N–H and O–H groups in total. The van der Waals surface area contributed by atoms with Crippen molar-refractivity contribution >= 4 is 33.0 Å². The van der Waals surface area contributed by atoms with Gasteiger partial charge in [0.15, 0.2) is 0 Å². The molecule has 1 heterocycles. The molecule has 1 aromatic carbocycles. The van der Waals surface area contributed by atoms with Crippen LogP contribution in [0.4, 0.5) is 0 Å². The quantitative estimate of drug-likeness (QED) is 0.746. The molecular formula is C16H19N3OS. The van der Waals surface area contributed by atoms with Crippen LogP contribution in [0.25, 0.3) is 10.2 Å². The molecule has 110 valence electrons. The Balaban J connectivity index is 1.99. The van der Waals surface area contributed by atoms with Crippen molar-refractivity contribution in [2.75, 3.05) is 0 Å². The van der Waals surface area contributed by atoms with Crippen LogP contribution < -0.4 is 4.80 Å². The standard InChI is InChI=1S/C16H19N3OS/c1-16(2)9-11(8-12(20)10-16)17-18-15-19(3)13-6-4-5-7-14(13)21-15/h4-7H,8-10H2,1-3H3. The van der Waals surface area contributed by atoms with Gasteiger partial charge in [0, 0.05) is 25.6 Å². The first-order valence-electron chi connectivity index (χ1n) is 7.10. The number of ketones is 1. The number of carbonyl (C=O) groups excluding carboxylic acids is 1. The Morgan fingerprint density at radius 1 is 1.19 bits per heavy atom. The van der Waals surface area contributed by atoms with Gasteiger partial charge >= 0.3 is 0 Å². The minimum atomic E-state index is 0.00599. The van der Waals surface area contributed by atoms with Gasteiger partial charge in [-0.15, -0.1) is 5.10 Å². The lowest BCUT2D eigenvalue weighted by Gasteiger charge is -2.28. The molecule has 0 spiro atoms. The van der Waals surface area contributed by atoms with Gasteiger partial charge in [-0.05, 0) is 24.0 Å². The molecule has 0 saturated heterocycles. The highest BCUT2D eigenvalue weighted by atomic mass is 32.1. The number of Topliss-reactive ketones (excluding diaryl/α,β-unsaturated/α-hetero) is 1. The van der Waals surface area contributed by atoms with Gasteiger partial charge in [-0.1, -0.05) is 37.3 Å². The molecule has 1 aliphatic carbocycles. The van der Waals surface area contributed by atoms with Crippen LogP contribution in [0.1, 0.15) is 33.1 Å². The fourth-order valence-corrected chi connectivity index (χ4v) is 3.83. The summed E-state index contributed by atoms with van der Waals surface area (Å²) >= 11 is 1.62. The average Bonchev–Trinajstić information content (AvgIpc) is 2.72. The van der Waals surface area contributed by atoms with Gasteiger partial charge in [0.05, 0.1) is 10.2 Å². The summed E-state index contributed by atoms with van der Waals surface area (Å²) in [5, 5.41) is 8.75. The predicted molar refractivity (Wildman–Crippen MR) is 86.4 cm³/mol. The maximum Gasteiger partial charge on any atom is 0.211 e. The molecule has 3 rings (SSSR count). The molecule has 0 atom stereocenters. The molecule has 4 nitrogen and oxygen atoms in total. The van der Waals surface area contributed by atoms with Gasteiger partial charge in [0.25, 0.3) is 0 Å². The Morgan fingerprint density at radius 2 is 1.95 bits per heavy atom. The number of aryl methyl sites for hydroxylation is 1. The fourth-order valence-electron chi connectivity index (χ4n) is 2.86. The first-order chi connectivity index (χ1) is 9.94. The van der Waals surface area contributed by atoms with Gasteiger partial charge in [0.1, 0.15) is 5.78 Å². The molecule has 5 heteroatoms. The summed E-state index contributed by atoms with van der Waals surface area (Å²) in [6.07, 6.45) is 1.93. The van der Waals surface area contributed by atoms with E-state index < -0.39 is 0 Å². The lowest BCUT2D eigenvalue weighted by Crippen LogP contribution is -2.29. The Hall–Kier alpha value is -1.75. The third-order valence-corrected chi connectivity index (χ3v) is 4.85. The summed E-state index contributed by atoms with van der Waals surface area (Å²) in [5.41, 5.74) is 2.06. The number of para-hydroxylation sites is 1. The second-order valence-electron chi connectivity index (χ2n) is 6.41. The highest BCUT2D eigenvalue weighted by Crippen LogP contribution is 2.31. The molecule has 21 heavy (non-hydrogen) atoms. The van der Waals surface area contributed by atoms with Crippen molar-refractivity contribution in [3.63, 3.8) is 0 Å². The molecule has 2 aromatic rings. The second-order valence-corrected chi connectivity index (χ2v) is 7.42. The van der Waals surface area contributed by atoms with E-state index in [0.29, 0.717) is 12.8 Å². The molecule has 1 aliphatic rings. The maximum absolute atomic E-state index is 11.8. The zero-order chi connectivity index (χ0) is 15.0. The minimum Gasteiger partial charge on any atom is -0.318 e. The van der Waals surface area contributed by atoms with Crippen molar-refractivity contribution in [2.45, 2.75) is 33.1 Å². The summed E-state index contributed by atoms with van der Waals surface area (Å²) in [4.78, 5) is 12.6. The van der Waals surface area contributed by atoms with Crippen molar-refractivity contribution in [3.05, 3.63) is 29.1 Å². The van der Waals surface area contributed by atoms with Crippen molar-refractivity contribution in [1.29, 1.82) is 0 Å². The van der Waals surface area contributed by atoms with Crippen LogP contribution in [0.5, 0.6) is 0 Å². The van der Waals surface area contributed by atoms with Crippen LogP contribution in [-0.2, 0) is 11.8 Å². The second kappa shape index (κ2) is 5.22. The fraction of sp³-hybridized carbons (Fsp3) is 0.438. The first kappa shape index (κ1) is 14.2. The lowest BCUT2D eigenvalue weighted by atomic mass is 9.76. The number of aromatic nitrogens is 1. The molecule has 0 unspecified atom stereocenters. The van der Waals surface area contributed by atoms with Crippen LogP contribution in [-0.4, -0.2) is 16.1 Å². The van der Waals surface area contributed by atoms with Gasteiger partial charge in [0.2, 0.25) is 4.80 Å². The highest BCUT2D eigenvalue weighted by molar-refractivity contribution is 7.16. The third-order valence-electron chi connectivity index (χ3n) is 3.75. The number of nitrogens with zero attached hydrogens (tertiary/aromatic N) is 3. The number of carbonyl (C=O) groups is 1. The number of hydrogen-bond donors (Lipinski definition) is 0. The summed E-state index contributed by atoms with van der Waals surface area (Å²) in [6.45, 7) is 4.22. The summed E-state index contributed by atoms with van der Waals surface area (Å²) < 4.78 is 3.24. The third kappa shape index (κ3) is 2.97. The molecule has 1 saturated carbocycles. The summed E-state index contributed by atoms with van der Waals surface area (Å²) in [7, 11) is 1.99. The largest absolute Gasteiger partial charge is 0.318 e. The number of benzene rings is 1. The van der Waals surface area contributed by atoms with Crippen LogP contribution >= 0.6 is 11.3 Å². The average molecular weight is 301 g/mol. The minimum absolute atomic E-state index is 0.00599. The Bertz CT molecular complexity index is 795. The Morgan fingerprint density at radius 3 is 2.67 bits per heavy atom. The number of hydrogen-bond acceptors (Lipinski definition) is 4. The highest BCUT2D eigenvalue weighted by Gasteiger charge is 2.30. The van der Waals surface area contributed by atoms with E-state index in [1.54, 1.807) is 11.3 Å². The molecular weight excluding hydrogens is 282 g/mol. The number of thiazole rings is 1. The van der Waals surface area contributed by atoms with Crippen molar-refractivity contribution < 1.29 is 4.79 Å². The monoisotopic (exact) mass is 301 g/mol. The number of rotatable bonds is 1. The van der Waals surface area contributed by atoms with E-state index in [0.717, 1.165) is 22.5 Å². The SMILES string of the molecule is Cn1c(=NN=C2CC(=O)CC(C)(C)C2)sc2ccccc21. The summed E-state index contributed by atoms with van der Waals surface area (Å²) in [5.74, 6) is 0.265. The zero-order valence-electron chi connectivity index (χ0n) is 12.6. The molecule has 0 amide bonds. The zero-order valence-corrected chi connectivity index (χ0v) is 13.4. The van der Waals surface area contributed by atoms with E-state index in [2.05, 4.69) is 36.2 Å². The Kier molecular flexibility index (Phi) is 3.53. The topological polar surface area (TPSA) is 46.7 Å². The Labute approximate surface area is 127 Å². The van der Waals surface area contributed by atoms with Crippen LogP contribution in [0.3, 0.4) is 0 Å². The summed E-state index contributed by atoms with van der Waals surface area (Å²) in [6, 6.07) is 8.20. The molecule has 0 aliphatic heterocycles. The van der Waals surface area contributed by atoms with Crippen LogP contribution in [0, 0.1) is 5.41 Å². The molecule has 0 bridgehead atoms. The van der Waals surface area contributed by atoms with E-state index in [-0.39, 0.29) is 11.2 Å². The first-order valence-corrected chi connectivity index (χ1v) is 7.92. The van der Waals surface area contributed by atoms with E-state index in [4.69, 9.17) is 0 Å². The molecule has 1 fully saturated rings. The lowest BCUT2D eigenvalue weighted by molar-refractivity contribution is -0.120. The van der Waals surface area contributed by atoms with Crippen molar-refractivity contribution in [3.8, 4) is 0 Å². The van der Waals surface area contributed by atoms with Gasteiger partial charge < -0.3 is 4.57 Å². The van der Waals surface area contributed by atoms with E-state index in [1.807, 2.05) is 23.7 Å². The predicted octanol–water partition coefficient (Wildman–Crippen LogP) is 3.28. The van der Waals surface area contributed by atoms with E-state index >= 15 is 0 Å². The van der Waals surface area contributed by atoms with E-state index in [9.17, 15) is 4.79 Å². The van der Waals surface area contributed by atoms with Crippen molar-refractivity contribution in [2.24, 2.45) is 22.7 Å². The number of fused-ring (bicyclic) bond motifs is 1. The molecule has 1 aromatic heterocycles. The van der Waals surface area contributed by atoms with Gasteiger partial charge in [-0.2, -0.15) is 5.10 Å². The normalized spacial score (nSPS) is 21.4. The van der Waals surface area contributed by atoms with Gasteiger partial charge in [-0.25, -0.2) is 0 Å². The van der Waals surface area contributed by atoms with E-state index in [1.165, 1.54) is 4.70 Å². The van der Waals surface area contributed by atoms with Crippen molar-refractivity contribution in [1.82, 2.24) is 4.57 Å². The molecule has 0 radical (unpaired) electrons. The van der Waals surface area contributed by atoms with Crippen LogP contribution in [0.2, 0.25) is 0 Å².